The van der Waals surface area contributed by atoms with Crippen LogP contribution in [0.4, 0.5) is 0 Å². The Morgan fingerprint density at radius 2 is 0.875 bits per heavy atom. The van der Waals surface area contributed by atoms with Crippen molar-refractivity contribution in [1.29, 1.82) is 0 Å². The Morgan fingerprint density at radius 3 is 1.25 bits per heavy atom. The Bertz CT molecular complexity index is 101. The third-order valence-electron chi connectivity index (χ3n) is 2.75. The Kier molecular flexibility index (Phi) is 14.8. The summed E-state index contributed by atoms with van der Waals surface area (Å²) >= 11 is 0. The normalized spacial score (nSPS) is 10.9. The molecule has 0 fully saturated rings. The second kappa shape index (κ2) is 14.9. The SMILES string of the molecule is CCCCCCCOOCCCCCCC. The molecule has 0 saturated carbocycles. The molecule has 2 heteroatoms. The van der Waals surface area contributed by atoms with Crippen molar-refractivity contribution >= 4 is 0 Å². The highest BCUT2D eigenvalue weighted by Gasteiger charge is 1.92. The van der Waals surface area contributed by atoms with Crippen molar-refractivity contribution in [2.75, 3.05) is 13.2 Å². The van der Waals surface area contributed by atoms with Crippen LogP contribution >= 0.6 is 0 Å². The van der Waals surface area contributed by atoms with Gasteiger partial charge in [0.2, 0.25) is 0 Å². The molecule has 16 heavy (non-hydrogen) atoms. The van der Waals surface area contributed by atoms with Gasteiger partial charge in [-0.15, -0.1) is 0 Å². The minimum absolute atomic E-state index is 0.763. The summed E-state index contributed by atoms with van der Waals surface area (Å²) in [6.07, 6.45) is 12.8. The molecule has 0 atom stereocenters. The van der Waals surface area contributed by atoms with E-state index in [2.05, 4.69) is 13.8 Å². The van der Waals surface area contributed by atoms with Crippen molar-refractivity contribution in [3.8, 4) is 0 Å². The molecule has 0 aliphatic rings. The molecule has 0 saturated heterocycles. The minimum atomic E-state index is 0.763. The highest BCUT2D eigenvalue weighted by atomic mass is 17.2. The van der Waals surface area contributed by atoms with Crippen LogP contribution in [0.3, 0.4) is 0 Å². The molecule has 0 unspecified atom stereocenters. The van der Waals surface area contributed by atoms with Gasteiger partial charge in [0.25, 0.3) is 0 Å². The molecule has 0 bridgehead atoms. The van der Waals surface area contributed by atoms with Gasteiger partial charge in [-0.05, 0) is 12.8 Å². The summed E-state index contributed by atoms with van der Waals surface area (Å²) in [6.45, 7) is 5.99. The van der Waals surface area contributed by atoms with Crippen LogP contribution in [-0.2, 0) is 9.78 Å². The van der Waals surface area contributed by atoms with Crippen molar-refractivity contribution in [1.82, 2.24) is 0 Å². The second-order valence-corrected chi connectivity index (χ2v) is 4.47. The first kappa shape index (κ1) is 15.9. The highest BCUT2D eigenvalue weighted by Crippen LogP contribution is 2.04. The van der Waals surface area contributed by atoms with Crippen LogP contribution in [-0.4, -0.2) is 13.2 Å². The van der Waals surface area contributed by atoms with Crippen LogP contribution < -0.4 is 0 Å². The van der Waals surface area contributed by atoms with Crippen LogP contribution in [0.1, 0.15) is 78.1 Å². The topological polar surface area (TPSA) is 18.5 Å². The molecule has 0 N–H and O–H groups in total. The van der Waals surface area contributed by atoms with Gasteiger partial charge in [-0.3, -0.25) is 0 Å². The maximum atomic E-state index is 5.12. The Labute approximate surface area is 102 Å². The molecular formula is C14H30O2. The van der Waals surface area contributed by atoms with E-state index in [0.29, 0.717) is 0 Å². The molecule has 0 aliphatic heterocycles. The van der Waals surface area contributed by atoms with Crippen molar-refractivity contribution in [3.63, 3.8) is 0 Å². The van der Waals surface area contributed by atoms with Crippen LogP contribution in [0.15, 0.2) is 0 Å². The lowest BCUT2D eigenvalue weighted by Crippen LogP contribution is -1.99. The largest absolute Gasteiger partial charge is 0.237 e. The Hall–Kier alpha value is -0.0800. The van der Waals surface area contributed by atoms with Gasteiger partial charge < -0.3 is 0 Å². The van der Waals surface area contributed by atoms with Crippen molar-refractivity contribution in [2.45, 2.75) is 78.1 Å². The van der Waals surface area contributed by atoms with Crippen LogP contribution in [0.5, 0.6) is 0 Å². The van der Waals surface area contributed by atoms with Gasteiger partial charge in [0.1, 0.15) is 0 Å². The Balaban J connectivity index is 2.83. The van der Waals surface area contributed by atoms with E-state index in [1.807, 2.05) is 0 Å². The van der Waals surface area contributed by atoms with Crippen molar-refractivity contribution in [2.24, 2.45) is 0 Å². The lowest BCUT2D eigenvalue weighted by Gasteiger charge is -2.04. The fourth-order valence-corrected chi connectivity index (χ4v) is 1.65. The van der Waals surface area contributed by atoms with Crippen molar-refractivity contribution < 1.29 is 9.78 Å². The molecule has 0 aromatic heterocycles. The molecule has 2 nitrogen and oxygen atoms in total. The fraction of sp³-hybridized carbons (Fsp3) is 1.00. The monoisotopic (exact) mass is 230 g/mol. The zero-order chi connectivity index (χ0) is 11.9. The third kappa shape index (κ3) is 13.9. The first-order chi connectivity index (χ1) is 7.91. The average molecular weight is 230 g/mol. The summed E-state index contributed by atoms with van der Waals surface area (Å²) in [7, 11) is 0. The smallest absolute Gasteiger partial charge is 0.0822 e. The van der Waals surface area contributed by atoms with Gasteiger partial charge in [0.05, 0.1) is 13.2 Å². The zero-order valence-electron chi connectivity index (χ0n) is 11.3. The zero-order valence-corrected chi connectivity index (χ0v) is 11.3. The van der Waals surface area contributed by atoms with E-state index < -0.39 is 0 Å². The molecule has 0 rings (SSSR count). The molecule has 0 aromatic rings. The Morgan fingerprint density at radius 1 is 0.500 bits per heavy atom. The fourth-order valence-electron chi connectivity index (χ4n) is 1.65. The summed E-state index contributed by atoms with van der Waals surface area (Å²) in [6, 6.07) is 0. The predicted molar refractivity (Wildman–Crippen MR) is 69.4 cm³/mol. The first-order valence-corrected chi connectivity index (χ1v) is 7.16. The van der Waals surface area contributed by atoms with Crippen LogP contribution in [0, 0.1) is 0 Å². The van der Waals surface area contributed by atoms with Gasteiger partial charge in [-0.1, -0.05) is 65.2 Å². The summed E-state index contributed by atoms with van der Waals surface area (Å²) in [5, 5.41) is 0. The van der Waals surface area contributed by atoms with E-state index in [1.54, 1.807) is 0 Å². The molecule has 98 valence electrons. The van der Waals surface area contributed by atoms with Gasteiger partial charge in [-0.2, -0.15) is 0 Å². The average Bonchev–Trinajstić information content (AvgIpc) is 2.31. The maximum Gasteiger partial charge on any atom is 0.0822 e. The molecular weight excluding hydrogens is 200 g/mol. The summed E-state index contributed by atoms with van der Waals surface area (Å²) < 4.78 is 0. The minimum Gasteiger partial charge on any atom is -0.237 e. The number of hydrogen-bond acceptors (Lipinski definition) is 2. The summed E-state index contributed by atoms with van der Waals surface area (Å²) in [4.78, 5) is 10.2. The predicted octanol–water partition coefficient (Wildman–Crippen LogP) is 4.88. The van der Waals surface area contributed by atoms with Crippen LogP contribution in [0.25, 0.3) is 0 Å². The standard InChI is InChI=1S/C14H30O2/c1-3-5-7-9-11-13-15-16-14-12-10-8-6-4-2/h3-14H2,1-2H3. The lowest BCUT2D eigenvalue weighted by molar-refractivity contribution is -0.295. The van der Waals surface area contributed by atoms with E-state index >= 15 is 0 Å². The molecule has 0 spiro atoms. The van der Waals surface area contributed by atoms with E-state index in [0.717, 1.165) is 26.1 Å². The summed E-state index contributed by atoms with van der Waals surface area (Å²) in [5.74, 6) is 0. The van der Waals surface area contributed by atoms with E-state index in [9.17, 15) is 0 Å². The van der Waals surface area contributed by atoms with E-state index in [1.165, 1.54) is 51.4 Å². The highest BCUT2D eigenvalue weighted by molar-refractivity contribution is 4.41. The molecule has 0 aromatic carbocycles. The van der Waals surface area contributed by atoms with E-state index in [-0.39, 0.29) is 0 Å². The quantitative estimate of drug-likeness (QED) is 0.255. The molecule has 0 aliphatic carbocycles. The second-order valence-electron chi connectivity index (χ2n) is 4.47. The lowest BCUT2D eigenvalue weighted by atomic mass is 10.2. The van der Waals surface area contributed by atoms with Crippen LogP contribution in [0.2, 0.25) is 0 Å². The maximum absolute atomic E-state index is 5.12. The van der Waals surface area contributed by atoms with Crippen molar-refractivity contribution in [3.05, 3.63) is 0 Å². The first-order valence-electron chi connectivity index (χ1n) is 7.16. The summed E-state index contributed by atoms with van der Waals surface area (Å²) in [5.41, 5.74) is 0. The van der Waals surface area contributed by atoms with Gasteiger partial charge in [0, 0.05) is 0 Å². The van der Waals surface area contributed by atoms with E-state index in [4.69, 9.17) is 9.78 Å². The number of unbranched alkanes of at least 4 members (excludes halogenated alkanes) is 8. The van der Waals surface area contributed by atoms with Gasteiger partial charge in [-0.25, -0.2) is 9.78 Å². The number of rotatable bonds is 13. The molecule has 0 amide bonds. The third-order valence-corrected chi connectivity index (χ3v) is 2.75. The molecule has 0 radical (unpaired) electrons. The van der Waals surface area contributed by atoms with Gasteiger partial charge in [0.15, 0.2) is 0 Å². The molecule has 0 heterocycles. The number of hydrogen-bond donors (Lipinski definition) is 0. The van der Waals surface area contributed by atoms with Gasteiger partial charge >= 0.3 is 0 Å².